The summed E-state index contributed by atoms with van der Waals surface area (Å²) >= 11 is 0. The number of aryl methyl sites for hydroxylation is 1. The Hall–Kier alpha value is -3.16. The van der Waals surface area contributed by atoms with Crippen LogP contribution < -0.4 is 15.5 Å². The summed E-state index contributed by atoms with van der Waals surface area (Å²) in [5.74, 6) is 1.13. The Labute approximate surface area is 143 Å². The third kappa shape index (κ3) is 2.86. The molecule has 1 aromatic carbocycles. The first-order chi connectivity index (χ1) is 12.1. The van der Waals surface area contributed by atoms with E-state index in [1.807, 2.05) is 4.57 Å². The number of benzene rings is 1. The maximum Gasteiger partial charge on any atom is 0.329 e. The van der Waals surface area contributed by atoms with Crippen LogP contribution in [-0.2, 0) is 17.8 Å². The number of imide groups is 1. The van der Waals surface area contributed by atoms with Crippen LogP contribution in [0, 0.1) is 0 Å². The Morgan fingerprint density at radius 2 is 1.96 bits per heavy atom. The van der Waals surface area contributed by atoms with Crippen molar-refractivity contribution in [1.29, 1.82) is 0 Å². The molecule has 4 amide bonds. The number of carbonyl (C=O) groups is 3. The van der Waals surface area contributed by atoms with Crippen LogP contribution in [0.15, 0.2) is 30.5 Å². The molecular formula is C17H17N5O3. The number of anilines is 2. The van der Waals surface area contributed by atoms with E-state index in [0.717, 1.165) is 31.6 Å². The molecule has 2 aliphatic heterocycles. The highest BCUT2D eigenvalue weighted by Crippen LogP contribution is 2.21. The number of fused-ring (bicyclic) bond motifs is 1. The third-order valence-electron chi connectivity index (χ3n) is 4.45. The fourth-order valence-electron chi connectivity index (χ4n) is 3.15. The van der Waals surface area contributed by atoms with Crippen LogP contribution in [-0.4, -0.2) is 33.9 Å². The van der Waals surface area contributed by atoms with Gasteiger partial charge in [0.15, 0.2) is 0 Å². The Morgan fingerprint density at radius 3 is 2.68 bits per heavy atom. The normalized spacial score (nSPS) is 16.6. The largest absolute Gasteiger partial charge is 0.329 e. The molecule has 2 N–H and O–H groups in total. The van der Waals surface area contributed by atoms with Gasteiger partial charge < -0.3 is 9.88 Å². The lowest BCUT2D eigenvalue weighted by atomic mass is 10.1. The van der Waals surface area contributed by atoms with E-state index in [4.69, 9.17) is 0 Å². The van der Waals surface area contributed by atoms with E-state index in [9.17, 15) is 14.4 Å². The van der Waals surface area contributed by atoms with Gasteiger partial charge in [-0.15, -0.1) is 0 Å². The van der Waals surface area contributed by atoms with Crippen LogP contribution in [0.1, 0.15) is 29.0 Å². The number of aromatic nitrogens is 2. The molecule has 128 valence electrons. The van der Waals surface area contributed by atoms with Crippen LogP contribution in [0.25, 0.3) is 0 Å². The number of hydrogen-bond acceptors (Lipinski definition) is 4. The lowest BCUT2D eigenvalue weighted by Crippen LogP contribution is -2.27. The molecule has 8 heteroatoms. The molecule has 1 fully saturated rings. The summed E-state index contributed by atoms with van der Waals surface area (Å²) in [6, 6.07) is 6.12. The molecule has 0 aliphatic carbocycles. The molecule has 3 heterocycles. The fraction of sp³-hybridized carbons (Fsp3) is 0.294. The number of imidazole rings is 1. The van der Waals surface area contributed by atoms with Gasteiger partial charge in [-0.3, -0.25) is 19.8 Å². The molecule has 0 bridgehead atoms. The zero-order valence-electron chi connectivity index (χ0n) is 13.5. The molecular weight excluding hydrogens is 322 g/mol. The minimum Gasteiger partial charge on any atom is -0.315 e. The van der Waals surface area contributed by atoms with E-state index in [1.165, 1.54) is 4.90 Å². The molecule has 0 unspecified atom stereocenters. The van der Waals surface area contributed by atoms with Gasteiger partial charge in [-0.25, -0.2) is 9.78 Å². The summed E-state index contributed by atoms with van der Waals surface area (Å²) in [4.78, 5) is 41.0. The van der Waals surface area contributed by atoms with Crippen molar-refractivity contribution >= 4 is 29.4 Å². The predicted octanol–water partition coefficient (Wildman–Crippen LogP) is 1.53. The van der Waals surface area contributed by atoms with Crippen LogP contribution in [0.4, 0.5) is 16.3 Å². The highest BCUT2D eigenvalue weighted by Gasteiger charge is 2.28. The van der Waals surface area contributed by atoms with Crippen LogP contribution >= 0.6 is 0 Å². The second-order valence-electron chi connectivity index (χ2n) is 6.11. The Kier molecular flexibility index (Phi) is 3.72. The lowest BCUT2D eigenvalue weighted by Gasteiger charge is -2.17. The zero-order chi connectivity index (χ0) is 17.4. The molecule has 0 radical (unpaired) electrons. The van der Waals surface area contributed by atoms with Gasteiger partial charge in [-0.05, 0) is 37.1 Å². The lowest BCUT2D eigenvalue weighted by molar-refractivity contribution is -0.117. The maximum absolute atomic E-state index is 12.4. The van der Waals surface area contributed by atoms with Gasteiger partial charge >= 0.3 is 6.03 Å². The first-order valence-electron chi connectivity index (χ1n) is 8.19. The minimum atomic E-state index is -0.451. The maximum atomic E-state index is 12.4. The molecule has 25 heavy (non-hydrogen) atoms. The first kappa shape index (κ1) is 15.4. The van der Waals surface area contributed by atoms with Crippen molar-refractivity contribution in [2.24, 2.45) is 0 Å². The fourth-order valence-corrected chi connectivity index (χ4v) is 3.15. The minimum absolute atomic E-state index is 0.00760. The number of rotatable bonds is 3. The third-order valence-corrected chi connectivity index (χ3v) is 4.45. The van der Waals surface area contributed by atoms with Crippen molar-refractivity contribution in [3.63, 3.8) is 0 Å². The standard InChI is InChI=1S/C17H17N5O3/c23-15-10-22(17(25)20-15)12-6-4-11(5-7-12)16(24)19-14-9-18-13-3-1-2-8-21(13)14/h4-7,9H,1-3,8,10H2,(H,19,24)(H,20,23,25). The average Bonchev–Trinajstić information content (AvgIpc) is 3.18. The van der Waals surface area contributed by atoms with Crippen LogP contribution in [0.2, 0.25) is 0 Å². The number of carbonyl (C=O) groups excluding carboxylic acids is 3. The van der Waals surface area contributed by atoms with Crippen molar-refractivity contribution in [3.8, 4) is 0 Å². The Morgan fingerprint density at radius 1 is 1.16 bits per heavy atom. The van der Waals surface area contributed by atoms with E-state index >= 15 is 0 Å². The van der Waals surface area contributed by atoms with Crippen LogP contribution in [0.3, 0.4) is 0 Å². The molecule has 0 spiro atoms. The summed E-state index contributed by atoms with van der Waals surface area (Å²) in [5.41, 5.74) is 1.04. The zero-order valence-corrected chi connectivity index (χ0v) is 13.5. The Bertz CT molecular complexity index is 856. The van der Waals surface area contributed by atoms with E-state index < -0.39 is 6.03 Å². The predicted molar refractivity (Wildman–Crippen MR) is 90.4 cm³/mol. The van der Waals surface area contributed by atoms with Crippen molar-refractivity contribution < 1.29 is 14.4 Å². The molecule has 0 saturated carbocycles. The van der Waals surface area contributed by atoms with E-state index in [0.29, 0.717) is 17.1 Å². The topological polar surface area (TPSA) is 96.3 Å². The molecule has 4 rings (SSSR count). The molecule has 2 aliphatic rings. The highest BCUT2D eigenvalue weighted by molar-refractivity contribution is 6.12. The molecule has 8 nitrogen and oxygen atoms in total. The number of hydrogen-bond donors (Lipinski definition) is 2. The second kappa shape index (κ2) is 6.04. The first-order valence-corrected chi connectivity index (χ1v) is 8.19. The SMILES string of the molecule is O=C1CN(c2ccc(C(=O)Nc3cnc4n3CCCC4)cc2)C(=O)N1. The summed E-state index contributed by atoms with van der Waals surface area (Å²) in [6.45, 7) is 0.855. The molecule has 1 saturated heterocycles. The molecule has 1 aromatic heterocycles. The van der Waals surface area contributed by atoms with E-state index in [-0.39, 0.29) is 18.4 Å². The number of nitrogens with one attached hydrogen (secondary N) is 2. The smallest absolute Gasteiger partial charge is 0.315 e. The van der Waals surface area contributed by atoms with Gasteiger partial charge in [0.1, 0.15) is 18.2 Å². The quantitative estimate of drug-likeness (QED) is 0.829. The summed E-state index contributed by atoms with van der Waals surface area (Å²) in [5, 5.41) is 5.11. The summed E-state index contributed by atoms with van der Waals surface area (Å²) in [6.07, 6.45) is 4.82. The monoisotopic (exact) mass is 339 g/mol. The Balaban J connectivity index is 1.48. The average molecular weight is 339 g/mol. The van der Waals surface area contributed by atoms with Crippen molar-refractivity contribution in [1.82, 2.24) is 14.9 Å². The van der Waals surface area contributed by atoms with Crippen molar-refractivity contribution in [3.05, 3.63) is 41.9 Å². The van der Waals surface area contributed by atoms with Gasteiger partial charge in [0.2, 0.25) is 5.91 Å². The summed E-state index contributed by atoms with van der Waals surface area (Å²) < 4.78 is 2.04. The molecule has 2 aromatic rings. The van der Waals surface area contributed by atoms with E-state index in [2.05, 4.69) is 15.6 Å². The van der Waals surface area contributed by atoms with Crippen LogP contribution in [0.5, 0.6) is 0 Å². The van der Waals surface area contributed by atoms with Gasteiger partial charge in [0, 0.05) is 24.2 Å². The van der Waals surface area contributed by atoms with Gasteiger partial charge in [0.25, 0.3) is 5.91 Å². The molecule has 0 atom stereocenters. The van der Waals surface area contributed by atoms with E-state index in [1.54, 1.807) is 30.5 Å². The second-order valence-corrected chi connectivity index (χ2v) is 6.11. The number of urea groups is 1. The number of nitrogens with zero attached hydrogens (tertiary/aromatic N) is 3. The van der Waals surface area contributed by atoms with Crippen molar-refractivity contribution in [2.75, 3.05) is 16.8 Å². The summed E-state index contributed by atoms with van der Waals surface area (Å²) in [7, 11) is 0. The van der Waals surface area contributed by atoms with Gasteiger partial charge in [-0.2, -0.15) is 0 Å². The van der Waals surface area contributed by atoms with Gasteiger partial charge in [-0.1, -0.05) is 0 Å². The number of amides is 4. The van der Waals surface area contributed by atoms with Gasteiger partial charge in [0.05, 0.1) is 6.20 Å². The van der Waals surface area contributed by atoms with Crippen molar-refractivity contribution in [2.45, 2.75) is 25.8 Å². The highest BCUT2D eigenvalue weighted by atomic mass is 16.2.